The van der Waals surface area contributed by atoms with Gasteiger partial charge in [0.1, 0.15) is 35.4 Å². The first-order valence-electron chi connectivity index (χ1n) is 19.5. The monoisotopic (exact) mass is 842 g/mol. The number of carbonyl (C=O) groups is 5. The number of benzene rings is 1. The molecule has 2 rings (SSSR count). The summed E-state index contributed by atoms with van der Waals surface area (Å²) in [5.74, 6) is -3.74. The van der Waals surface area contributed by atoms with Gasteiger partial charge >= 0.3 is 11.7 Å². The Balaban J connectivity index is 2.38. The highest BCUT2D eigenvalue weighted by Crippen LogP contribution is 2.21. The summed E-state index contributed by atoms with van der Waals surface area (Å²) in [7, 11) is 0. The number of amides is 5. The van der Waals surface area contributed by atoms with Crippen LogP contribution in [0.5, 0.6) is 0 Å². The van der Waals surface area contributed by atoms with Crippen LogP contribution in [-0.4, -0.2) is 97.0 Å². The maximum atomic E-state index is 14.0. The molecule has 0 bridgehead atoms. The van der Waals surface area contributed by atoms with Crippen LogP contribution in [0, 0.1) is 12.8 Å². The third-order valence-electron chi connectivity index (χ3n) is 8.58. The number of aliphatic imine (C=N–C) groups is 3. The normalized spacial score (nSPS) is 13.1. The van der Waals surface area contributed by atoms with Crippen molar-refractivity contribution < 1.29 is 33.1 Å². The molecule has 0 spiro atoms. The highest BCUT2D eigenvalue weighted by molar-refractivity contribution is 6.00. The molecule has 0 fully saturated rings. The zero-order valence-corrected chi connectivity index (χ0v) is 35.1. The number of guanidine groups is 3. The Morgan fingerprint density at radius 1 is 0.683 bits per heavy atom. The SMILES string of the molecule is Cc1cc(=O)oc2cc(NC(=O)C(CCCN=C(N)N)NC(=O)C(CCCN=C(N)N)NC(=O)C(NC(=O)C(CCCN=C(N)N)NC(=O)OC(C)(C)C)C(C)C)ccc12. The van der Waals surface area contributed by atoms with Crippen LogP contribution < -0.4 is 66.6 Å². The molecule has 2 aromatic rings. The number of nitrogens with zero attached hydrogens (tertiary/aromatic N) is 3. The van der Waals surface area contributed by atoms with Gasteiger partial charge in [0.15, 0.2) is 17.9 Å². The number of rotatable bonds is 22. The van der Waals surface area contributed by atoms with E-state index in [0.717, 1.165) is 0 Å². The van der Waals surface area contributed by atoms with E-state index in [4.69, 9.17) is 43.6 Å². The molecule has 5 amide bonds. The van der Waals surface area contributed by atoms with Gasteiger partial charge in [-0.2, -0.15) is 0 Å². The van der Waals surface area contributed by atoms with Crippen molar-refractivity contribution in [3.8, 4) is 0 Å². The van der Waals surface area contributed by atoms with Gasteiger partial charge in [0.05, 0.1) is 0 Å². The average Bonchev–Trinajstić information content (AvgIpc) is 3.12. The molecule has 1 aromatic carbocycles. The summed E-state index contributed by atoms with van der Waals surface area (Å²) < 4.78 is 10.7. The van der Waals surface area contributed by atoms with E-state index >= 15 is 0 Å². The average molecular weight is 843 g/mol. The molecule has 22 heteroatoms. The van der Waals surface area contributed by atoms with Crippen molar-refractivity contribution in [2.24, 2.45) is 55.3 Å². The van der Waals surface area contributed by atoms with Gasteiger partial charge < -0.3 is 70.1 Å². The highest BCUT2D eigenvalue weighted by atomic mass is 16.6. The maximum Gasteiger partial charge on any atom is 0.408 e. The minimum absolute atomic E-state index is 0.0200. The molecule has 1 aromatic heterocycles. The highest BCUT2D eigenvalue weighted by Gasteiger charge is 2.33. The Labute approximate surface area is 348 Å². The Kier molecular flexibility index (Phi) is 19.6. The molecule has 332 valence electrons. The lowest BCUT2D eigenvalue weighted by molar-refractivity contribution is -0.134. The van der Waals surface area contributed by atoms with Gasteiger partial charge in [0.25, 0.3) is 0 Å². The number of nitrogens with one attached hydrogen (secondary N) is 5. The lowest BCUT2D eigenvalue weighted by atomic mass is 10.0. The van der Waals surface area contributed by atoms with E-state index in [1.54, 1.807) is 53.7 Å². The molecule has 0 saturated heterocycles. The summed E-state index contributed by atoms with van der Waals surface area (Å²) in [6.07, 6.45) is 0.123. The fourth-order valence-corrected chi connectivity index (χ4v) is 5.72. The van der Waals surface area contributed by atoms with Crippen LogP contribution in [0.2, 0.25) is 0 Å². The number of hydrogen-bond donors (Lipinski definition) is 11. The molecule has 4 unspecified atom stereocenters. The summed E-state index contributed by atoms with van der Waals surface area (Å²) in [4.78, 5) is 91.9. The van der Waals surface area contributed by atoms with Crippen molar-refractivity contribution in [3.63, 3.8) is 0 Å². The zero-order valence-electron chi connectivity index (χ0n) is 35.1. The van der Waals surface area contributed by atoms with Gasteiger partial charge in [-0.25, -0.2) is 9.59 Å². The van der Waals surface area contributed by atoms with Crippen LogP contribution in [0.3, 0.4) is 0 Å². The van der Waals surface area contributed by atoms with Crippen molar-refractivity contribution in [1.29, 1.82) is 0 Å². The smallest absolute Gasteiger partial charge is 0.408 e. The first-order chi connectivity index (χ1) is 28.1. The molecule has 0 aliphatic rings. The molecule has 60 heavy (non-hydrogen) atoms. The number of anilines is 1. The molecule has 0 aliphatic carbocycles. The van der Waals surface area contributed by atoms with Gasteiger partial charge in [-0.1, -0.05) is 13.8 Å². The summed E-state index contributed by atoms with van der Waals surface area (Å²) in [5, 5.41) is 14.1. The predicted octanol–water partition coefficient (Wildman–Crippen LogP) is -0.796. The Morgan fingerprint density at radius 2 is 1.15 bits per heavy atom. The van der Waals surface area contributed by atoms with Crippen molar-refractivity contribution in [1.82, 2.24) is 21.3 Å². The molecule has 22 nitrogen and oxygen atoms in total. The molecule has 4 atom stereocenters. The first kappa shape index (κ1) is 49.5. The third-order valence-corrected chi connectivity index (χ3v) is 8.58. The van der Waals surface area contributed by atoms with Crippen molar-refractivity contribution in [2.75, 3.05) is 25.0 Å². The molecule has 0 radical (unpaired) electrons. The fourth-order valence-electron chi connectivity index (χ4n) is 5.72. The second-order valence-corrected chi connectivity index (χ2v) is 15.3. The number of fused-ring (bicyclic) bond motifs is 1. The van der Waals surface area contributed by atoms with E-state index in [1.165, 1.54) is 12.1 Å². The maximum absolute atomic E-state index is 14.0. The van der Waals surface area contributed by atoms with Gasteiger partial charge in [-0.3, -0.25) is 34.2 Å². The quantitative estimate of drug-likeness (QED) is 0.0299. The molecular weight excluding hydrogens is 781 g/mol. The van der Waals surface area contributed by atoms with E-state index in [2.05, 4.69) is 41.6 Å². The number of ether oxygens (including phenoxy) is 1. The third kappa shape index (κ3) is 18.3. The van der Waals surface area contributed by atoms with Gasteiger partial charge in [-0.05, 0) is 89.8 Å². The van der Waals surface area contributed by atoms with Crippen LogP contribution in [-0.2, 0) is 23.9 Å². The molecule has 0 aliphatic heterocycles. The number of alkyl carbamates (subject to hydrolysis) is 1. The van der Waals surface area contributed by atoms with Crippen LogP contribution in [0.25, 0.3) is 11.0 Å². The number of aryl methyl sites for hydroxylation is 1. The Morgan fingerprint density at radius 3 is 1.63 bits per heavy atom. The topological polar surface area (TPSA) is 378 Å². The molecular formula is C38H62N14O8. The van der Waals surface area contributed by atoms with Gasteiger partial charge in [0.2, 0.25) is 23.6 Å². The minimum Gasteiger partial charge on any atom is -0.444 e. The lowest BCUT2D eigenvalue weighted by Gasteiger charge is -2.28. The summed E-state index contributed by atoms with van der Waals surface area (Å²) in [5.41, 5.74) is 32.6. The van der Waals surface area contributed by atoms with E-state index in [9.17, 15) is 28.8 Å². The standard InChI is InChI=1S/C38H62N14O8/c1-20(2)29(52-32(56)26(12-9-17-47-36(43)44)51-37(58)60-38(4,5)6)33(57)50-25(11-8-16-46-35(41)42)31(55)49-24(10-7-15-45-34(39)40)30(54)48-22-13-14-23-21(3)18-28(53)59-27(23)19-22/h13-14,18-20,24-26,29H,7-12,15-17H2,1-6H3,(H,48,54)(H,49,55)(H,50,57)(H,51,58)(H,52,56)(H4,39,40,45)(H4,41,42,46)(H4,43,44,47). The van der Waals surface area contributed by atoms with Crippen molar-refractivity contribution in [3.05, 3.63) is 40.2 Å². The van der Waals surface area contributed by atoms with Crippen LogP contribution in [0.1, 0.15) is 78.7 Å². The summed E-state index contributed by atoms with van der Waals surface area (Å²) in [6.45, 7) is 10.5. The number of nitrogens with two attached hydrogens (primary N) is 6. The second-order valence-electron chi connectivity index (χ2n) is 15.3. The molecule has 0 saturated carbocycles. The largest absolute Gasteiger partial charge is 0.444 e. The van der Waals surface area contributed by atoms with Crippen LogP contribution in [0.4, 0.5) is 10.5 Å². The fraction of sp³-hybridized carbons (Fsp3) is 0.553. The molecule has 1 heterocycles. The van der Waals surface area contributed by atoms with E-state index in [1.807, 2.05) is 0 Å². The van der Waals surface area contributed by atoms with E-state index in [-0.39, 0.29) is 80.9 Å². The van der Waals surface area contributed by atoms with E-state index < -0.39 is 71.0 Å². The lowest BCUT2D eigenvalue weighted by Crippen LogP contribution is -2.59. The van der Waals surface area contributed by atoms with Crippen molar-refractivity contribution in [2.45, 2.75) is 110 Å². The molecule has 17 N–H and O–H groups in total. The van der Waals surface area contributed by atoms with Crippen molar-refractivity contribution >= 4 is 64.3 Å². The first-order valence-corrected chi connectivity index (χ1v) is 19.5. The van der Waals surface area contributed by atoms with Gasteiger partial charge in [0, 0.05) is 42.8 Å². The Bertz CT molecular complexity index is 1940. The van der Waals surface area contributed by atoms with Gasteiger partial charge in [-0.15, -0.1) is 0 Å². The zero-order chi connectivity index (χ0) is 45.2. The second kappa shape index (κ2) is 23.7. The number of carbonyl (C=O) groups excluding carboxylic acids is 5. The summed E-state index contributed by atoms with van der Waals surface area (Å²) in [6, 6.07) is 1.40. The number of hydrogen-bond acceptors (Lipinski definition) is 11. The minimum atomic E-state index is -1.24. The Hall–Kier alpha value is -6.61. The van der Waals surface area contributed by atoms with Crippen LogP contribution in [0.15, 0.2) is 48.5 Å². The van der Waals surface area contributed by atoms with Crippen LogP contribution >= 0.6 is 0 Å². The van der Waals surface area contributed by atoms with E-state index in [0.29, 0.717) is 17.4 Å². The predicted molar refractivity (Wildman–Crippen MR) is 229 cm³/mol. The summed E-state index contributed by atoms with van der Waals surface area (Å²) >= 11 is 0.